The van der Waals surface area contributed by atoms with Crippen LogP contribution in [0.3, 0.4) is 0 Å². The molecule has 1 aliphatic rings. The zero-order valence-electron chi connectivity index (χ0n) is 14.9. The molecule has 0 aliphatic carbocycles. The number of nitrogens with zero attached hydrogens (tertiary/aromatic N) is 1. The van der Waals surface area contributed by atoms with Crippen molar-refractivity contribution in [3.8, 4) is 0 Å². The lowest BCUT2D eigenvalue weighted by atomic mass is 9.76. The Morgan fingerprint density at radius 3 is 2.32 bits per heavy atom. The second-order valence-electron chi connectivity index (χ2n) is 7.05. The molecule has 0 bridgehead atoms. The van der Waals surface area contributed by atoms with Gasteiger partial charge in [0.05, 0.1) is 10.3 Å². The van der Waals surface area contributed by atoms with E-state index in [1.54, 1.807) is 19.9 Å². The molecule has 2 rings (SSSR count). The number of benzene rings is 1. The van der Waals surface area contributed by atoms with E-state index in [1.165, 1.54) is 11.0 Å². The number of sulfonamides is 1. The molecule has 25 heavy (non-hydrogen) atoms. The SMILES string of the molecule is Cc1cc(C(=O)N2CCC(C(=O)O)(C(C)C)C2)cc(S(N)(=O)=O)c1C. The maximum Gasteiger partial charge on any atom is 0.311 e. The maximum absolute atomic E-state index is 12.8. The van der Waals surface area contributed by atoms with Gasteiger partial charge in [-0.2, -0.15) is 0 Å². The molecule has 1 unspecified atom stereocenters. The minimum absolute atomic E-state index is 0.0802. The third kappa shape index (κ3) is 3.41. The molecule has 0 radical (unpaired) electrons. The molecular weight excluding hydrogens is 344 g/mol. The lowest BCUT2D eigenvalue weighted by molar-refractivity contribution is -0.150. The zero-order chi connectivity index (χ0) is 19.2. The average molecular weight is 368 g/mol. The number of carboxylic acids is 1. The predicted octanol–water partition coefficient (Wildman–Crippen LogP) is 1.52. The molecule has 7 nitrogen and oxygen atoms in total. The first-order valence-electron chi connectivity index (χ1n) is 8.07. The van der Waals surface area contributed by atoms with E-state index in [2.05, 4.69) is 0 Å². The van der Waals surface area contributed by atoms with Crippen LogP contribution in [0.5, 0.6) is 0 Å². The van der Waals surface area contributed by atoms with Crippen LogP contribution in [-0.4, -0.2) is 43.4 Å². The average Bonchev–Trinajstić information content (AvgIpc) is 2.94. The molecule has 1 saturated heterocycles. The topological polar surface area (TPSA) is 118 Å². The van der Waals surface area contributed by atoms with Gasteiger partial charge in [-0.05, 0) is 49.4 Å². The largest absolute Gasteiger partial charge is 0.481 e. The Morgan fingerprint density at radius 2 is 1.88 bits per heavy atom. The lowest BCUT2D eigenvalue weighted by Crippen LogP contribution is -2.40. The molecule has 1 aliphatic heterocycles. The van der Waals surface area contributed by atoms with Gasteiger partial charge in [0.15, 0.2) is 0 Å². The quantitative estimate of drug-likeness (QED) is 0.835. The number of nitrogens with two attached hydrogens (primary N) is 1. The smallest absolute Gasteiger partial charge is 0.311 e. The molecular formula is C17H24N2O5S. The van der Waals surface area contributed by atoms with Gasteiger partial charge in [0.1, 0.15) is 0 Å². The predicted molar refractivity (Wildman–Crippen MR) is 92.7 cm³/mol. The van der Waals surface area contributed by atoms with Crippen molar-refractivity contribution in [1.82, 2.24) is 4.90 Å². The molecule has 1 atom stereocenters. The van der Waals surface area contributed by atoms with Gasteiger partial charge >= 0.3 is 5.97 Å². The Labute approximate surface area is 147 Å². The highest BCUT2D eigenvalue weighted by molar-refractivity contribution is 7.89. The Balaban J connectivity index is 2.40. The highest BCUT2D eigenvalue weighted by atomic mass is 32.2. The summed E-state index contributed by atoms with van der Waals surface area (Å²) in [6, 6.07) is 2.89. The maximum atomic E-state index is 12.8. The van der Waals surface area contributed by atoms with Crippen molar-refractivity contribution < 1.29 is 23.1 Å². The van der Waals surface area contributed by atoms with Crippen molar-refractivity contribution in [2.75, 3.05) is 13.1 Å². The van der Waals surface area contributed by atoms with Gasteiger partial charge in [-0.1, -0.05) is 13.8 Å². The lowest BCUT2D eigenvalue weighted by Gasteiger charge is -2.28. The highest BCUT2D eigenvalue weighted by Gasteiger charge is 2.48. The number of hydrogen-bond donors (Lipinski definition) is 2. The molecule has 3 N–H and O–H groups in total. The summed E-state index contributed by atoms with van der Waals surface area (Å²) in [5.41, 5.74) is 0.375. The Morgan fingerprint density at radius 1 is 1.28 bits per heavy atom. The van der Waals surface area contributed by atoms with Crippen molar-refractivity contribution in [1.29, 1.82) is 0 Å². The van der Waals surface area contributed by atoms with E-state index < -0.39 is 21.4 Å². The number of primary sulfonamides is 1. The second kappa shape index (κ2) is 6.42. The van der Waals surface area contributed by atoms with E-state index in [0.29, 0.717) is 24.1 Å². The summed E-state index contributed by atoms with van der Waals surface area (Å²) in [5.74, 6) is -1.41. The first-order valence-corrected chi connectivity index (χ1v) is 9.61. The summed E-state index contributed by atoms with van der Waals surface area (Å²) < 4.78 is 23.5. The van der Waals surface area contributed by atoms with Crippen LogP contribution >= 0.6 is 0 Å². The zero-order valence-corrected chi connectivity index (χ0v) is 15.7. The first-order chi connectivity index (χ1) is 11.4. The summed E-state index contributed by atoms with van der Waals surface area (Å²) in [7, 11) is -3.95. The summed E-state index contributed by atoms with van der Waals surface area (Å²) in [5, 5.41) is 14.8. The van der Waals surface area contributed by atoms with E-state index >= 15 is 0 Å². The highest BCUT2D eigenvalue weighted by Crippen LogP contribution is 2.38. The summed E-state index contributed by atoms with van der Waals surface area (Å²) in [6.45, 7) is 7.43. The third-order valence-corrected chi connectivity index (χ3v) is 6.33. The van der Waals surface area contributed by atoms with Crippen LogP contribution in [0.15, 0.2) is 17.0 Å². The van der Waals surface area contributed by atoms with Gasteiger partial charge < -0.3 is 10.0 Å². The normalized spacial score (nSPS) is 21.0. The number of likely N-dealkylation sites (tertiary alicyclic amines) is 1. The molecule has 0 aromatic heterocycles. The van der Waals surface area contributed by atoms with Crippen LogP contribution < -0.4 is 5.14 Å². The Kier molecular flexibility index (Phi) is 4.98. The molecule has 1 aromatic carbocycles. The van der Waals surface area contributed by atoms with Crippen molar-refractivity contribution in [2.45, 2.75) is 39.0 Å². The minimum atomic E-state index is -3.95. The standard InChI is InChI=1S/C17H24N2O5S/c1-10(2)17(16(21)22)5-6-19(9-17)15(20)13-7-11(3)12(4)14(8-13)25(18,23)24/h7-8,10H,5-6,9H2,1-4H3,(H,21,22)(H2,18,23,24). The van der Waals surface area contributed by atoms with Crippen LogP contribution in [0, 0.1) is 25.2 Å². The Hall–Kier alpha value is -1.93. The first kappa shape index (κ1) is 19.4. The summed E-state index contributed by atoms with van der Waals surface area (Å²) in [6.07, 6.45) is 0.374. The molecule has 138 valence electrons. The molecule has 1 aromatic rings. The van der Waals surface area contributed by atoms with E-state index in [9.17, 15) is 23.1 Å². The van der Waals surface area contributed by atoms with Crippen molar-refractivity contribution >= 4 is 21.9 Å². The van der Waals surface area contributed by atoms with Gasteiger partial charge in [-0.15, -0.1) is 0 Å². The number of aryl methyl sites for hydroxylation is 1. The van der Waals surface area contributed by atoms with E-state index in [4.69, 9.17) is 5.14 Å². The molecule has 1 amide bonds. The van der Waals surface area contributed by atoms with Gasteiger partial charge in [0.2, 0.25) is 10.0 Å². The summed E-state index contributed by atoms with van der Waals surface area (Å²) >= 11 is 0. The Bertz CT molecular complexity index is 832. The van der Waals surface area contributed by atoms with Gasteiger partial charge in [-0.25, -0.2) is 13.6 Å². The molecule has 1 fully saturated rings. The fourth-order valence-corrected chi connectivity index (χ4v) is 4.21. The number of amides is 1. The number of carbonyl (C=O) groups excluding carboxylic acids is 1. The number of carbonyl (C=O) groups is 2. The molecule has 1 heterocycles. The van der Waals surface area contributed by atoms with Crippen LogP contribution in [-0.2, 0) is 14.8 Å². The van der Waals surface area contributed by atoms with E-state index in [-0.39, 0.29) is 28.8 Å². The van der Waals surface area contributed by atoms with Crippen LogP contribution in [0.2, 0.25) is 0 Å². The van der Waals surface area contributed by atoms with Crippen LogP contribution in [0.25, 0.3) is 0 Å². The summed E-state index contributed by atoms with van der Waals surface area (Å²) in [4.78, 5) is 25.9. The van der Waals surface area contributed by atoms with Crippen LogP contribution in [0.1, 0.15) is 41.8 Å². The van der Waals surface area contributed by atoms with E-state index in [0.717, 1.165) is 0 Å². The molecule has 0 spiro atoms. The molecule has 8 heteroatoms. The number of rotatable bonds is 4. The van der Waals surface area contributed by atoms with Gasteiger partial charge in [0.25, 0.3) is 5.91 Å². The number of hydrogen-bond acceptors (Lipinski definition) is 4. The van der Waals surface area contributed by atoms with Gasteiger partial charge in [-0.3, -0.25) is 9.59 Å². The second-order valence-corrected chi connectivity index (χ2v) is 8.58. The van der Waals surface area contributed by atoms with Crippen molar-refractivity contribution in [3.05, 3.63) is 28.8 Å². The van der Waals surface area contributed by atoms with Crippen molar-refractivity contribution in [3.63, 3.8) is 0 Å². The monoisotopic (exact) mass is 368 g/mol. The fourth-order valence-electron chi connectivity index (χ4n) is 3.33. The fraction of sp³-hybridized carbons (Fsp3) is 0.529. The van der Waals surface area contributed by atoms with Crippen molar-refractivity contribution in [2.24, 2.45) is 16.5 Å². The number of aliphatic carboxylic acids is 1. The van der Waals surface area contributed by atoms with E-state index in [1.807, 2.05) is 13.8 Å². The third-order valence-electron chi connectivity index (χ3n) is 5.29. The number of carboxylic acid groups (broad SMARTS) is 1. The van der Waals surface area contributed by atoms with Crippen LogP contribution in [0.4, 0.5) is 0 Å². The van der Waals surface area contributed by atoms with Gasteiger partial charge in [0, 0.05) is 18.7 Å². The molecule has 0 saturated carbocycles. The minimum Gasteiger partial charge on any atom is -0.481 e.